The lowest BCUT2D eigenvalue weighted by Gasteiger charge is -2.22. The van der Waals surface area contributed by atoms with Gasteiger partial charge in [0.1, 0.15) is 0 Å². The molecule has 0 saturated heterocycles. The van der Waals surface area contributed by atoms with Gasteiger partial charge in [-0.2, -0.15) is 0 Å². The van der Waals surface area contributed by atoms with Crippen molar-refractivity contribution >= 4 is 5.57 Å². The van der Waals surface area contributed by atoms with Gasteiger partial charge in [-0.3, -0.25) is 0 Å². The van der Waals surface area contributed by atoms with Gasteiger partial charge in [-0.25, -0.2) is 17.6 Å². The first-order chi connectivity index (χ1) is 17.4. The van der Waals surface area contributed by atoms with Crippen LogP contribution in [0.25, 0.3) is 27.8 Å². The highest BCUT2D eigenvalue weighted by atomic mass is 19.2. The van der Waals surface area contributed by atoms with E-state index >= 15 is 8.78 Å². The molecule has 36 heavy (non-hydrogen) atoms. The molecule has 1 atom stereocenters. The van der Waals surface area contributed by atoms with Gasteiger partial charge in [-0.15, -0.1) is 0 Å². The molecule has 0 radical (unpaired) electrons. The van der Waals surface area contributed by atoms with Crippen LogP contribution in [0.4, 0.5) is 17.6 Å². The first kappa shape index (κ1) is 25.9. The fraction of sp³-hybridized carbons (Fsp3) is 0.312. The standard InChI is InChI=1S/C32H32F4/c1-3-5-6-8-21-9-11-22(12-10-21)27-19-20-28(32(36)31(27)35)24-15-13-23(14-16-24)26-18-17-25(7-4-2)29(33)30(26)34/h3,5,11,13-21H,4,6-10,12H2,1-2H3. The highest BCUT2D eigenvalue weighted by molar-refractivity contribution is 5.74. The van der Waals surface area contributed by atoms with Gasteiger partial charge in [-0.05, 0) is 73.6 Å². The smallest absolute Gasteiger partial charge is 0.167 e. The highest BCUT2D eigenvalue weighted by Crippen LogP contribution is 2.37. The third-order valence-electron chi connectivity index (χ3n) is 7.11. The zero-order valence-corrected chi connectivity index (χ0v) is 20.9. The van der Waals surface area contributed by atoms with Crippen molar-refractivity contribution in [2.45, 2.75) is 58.8 Å². The van der Waals surface area contributed by atoms with Crippen LogP contribution in [0.5, 0.6) is 0 Å². The van der Waals surface area contributed by atoms with Crippen LogP contribution < -0.4 is 0 Å². The molecule has 3 aromatic rings. The Bertz CT molecular complexity index is 1270. The van der Waals surface area contributed by atoms with Crippen molar-refractivity contribution < 1.29 is 17.6 Å². The number of allylic oxidation sites excluding steroid dienone is 4. The van der Waals surface area contributed by atoms with Gasteiger partial charge in [-0.1, -0.05) is 80.1 Å². The van der Waals surface area contributed by atoms with E-state index in [9.17, 15) is 8.78 Å². The molecule has 0 spiro atoms. The van der Waals surface area contributed by atoms with E-state index in [0.717, 1.165) is 44.1 Å². The fourth-order valence-corrected chi connectivity index (χ4v) is 5.02. The Morgan fingerprint density at radius 2 is 1.36 bits per heavy atom. The Morgan fingerprint density at radius 3 is 1.94 bits per heavy atom. The second-order valence-corrected chi connectivity index (χ2v) is 9.53. The summed E-state index contributed by atoms with van der Waals surface area (Å²) in [6, 6.07) is 12.8. The summed E-state index contributed by atoms with van der Waals surface area (Å²) in [5.41, 5.74) is 2.79. The molecule has 4 rings (SSSR count). The first-order valence-corrected chi connectivity index (χ1v) is 12.8. The largest absolute Gasteiger partial charge is 0.203 e. The second-order valence-electron chi connectivity index (χ2n) is 9.53. The van der Waals surface area contributed by atoms with Gasteiger partial charge in [0.25, 0.3) is 0 Å². The van der Waals surface area contributed by atoms with Gasteiger partial charge in [0.15, 0.2) is 23.3 Å². The average molecular weight is 493 g/mol. The minimum atomic E-state index is -0.891. The molecule has 0 aliphatic heterocycles. The monoisotopic (exact) mass is 492 g/mol. The molecular weight excluding hydrogens is 460 g/mol. The van der Waals surface area contributed by atoms with Crippen LogP contribution in [0.2, 0.25) is 0 Å². The van der Waals surface area contributed by atoms with Crippen LogP contribution >= 0.6 is 0 Å². The lowest BCUT2D eigenvalue weighted by atomic mass is 9.83. The summed E-state index contributed by atoms with van der Waals surface area (Å²) >= 11 is 0. The molecule has 1 aliphatic rings. The molecule has 3 aromatic carbocycles. The maximum atomic E-state index is 15.1. The van der Waals surface area contributed by atoms with E-state index in [-0.39, 0.29) is 11.1 Å². The molecule has 1 unspecified atom stereocenters. The predicted molar refractivity (Wildman–Crippen MR) is 141 cm³/mol. The first-order valence-electron chi connectivity index (χ1n) is 12.8. The number of hydrogen-bond acceptors (Lipinski definition) is 0. The third kappa shape index (κ3) is 5.48. The summed E-state index contributed by atoms with van der Waals surface area (Å²) in [4.78, 5) is 0. The molecule has 0 saturated carbocycles. The van der Waals surface area contributed by atoms with Gasteiger partial charge >= 0.3 is 0 Å². The fourth-order valence-electron chi connectivity index (χ4n) is 5.02. The third-order valence-corrected chi connectivity index (χ3v) is 7.11. The minimum absolute atomic E-state index is 0.147. The molecule has 0 nitrogen and oxygen atoms in total. The van der Waals surface area contributed by atoms with Crippen LogP contribution in [0.15, 0.2) is 66.8 Å². The van der Waals surface area contributed by atoms with E-state index in [1.165, 1.54) is 0 Å². The van der Waals surface area contributed by atoms with Crippen molar-refractivity contribution in [1.82, 2.24) is 0 Å². The Balaban J connectivity index is 1.54. The van der Waals surface area contributed by atoms with Crippen molar-refractivity contribution in [1.29, 1.82) is 0 Å². The normalized spacial score (nSPS) is 15.9. The van der Waals surface area contributed by atoms with E-state index in [4.69, 9.17) is 0 Å². The maximum absolute atomic E-state index is 15.1. The van der Waals surface area contributed by atoms with Crippen LogP contribution in [0.3, 0.4) is 0 Å². The molecule has 0 aromatic heterocycles. The van der Waals surface area contributed by atoms with Crippen molar-refractivity contribution in [3.63, 3.8) is 0 Å². The molecular formula is C32H32F4. The van der Waals surface area contributed by atoms with Gasteiger partial charge < -0.3 is 0 Å². The molecule has 0 fully saturated rings. The highest BCUT2D eigenvalue weighted by Gasteiger charge is 2.21. The predicted octanol–water partition coefficient (Wildman–Crippen LogP) is 10.1. The Kier molecular flexibility index (Phi) is 8.45. The van der Waals surface area contributed by atoms with E-state index in [1.54, 1.807) is 48.5 Å². The molecule has 0 amide bonds. The maximum Gasteiger partial charge on any atom is 0.167 e. The zero-order chi connectivity index (χ0) is 25.7. The quantitative estimate of drug-likeness (QED) is 0.217. The van der Waals surface area contributed by atoms with Crippen LogP contribution in [-0.4, -0.2) is 0 Å². The van der Waals surface area contributed by atoms with Gasteiger partial charge in [0.2, 0.25) is 0 Å². The Hall–Kier alpha value is -3.14. The number of hydrogen-bond donors (Lipinski definition) is 0. The molecule has 4 heteroatoms. The zero-order valence-electron chi connectivity index (χ0n) is 20.9. The summed E-state index contributed by atoms with van der Waals surface area (Å²) < 4.78 is 59.3. The molecule has 1 aliphatic carbocycles. The lowest BCUT2D eigenvalue weighted by Crippen LogP contribution is -2.07. The van der Waals surface area contributed by atoms with Crippen LogP contribution in [-0.2, 0) is 6.42 Å². The van der Waals surface area contributed by atoms with E-state index in [0.29, 0.717) is 34.6 Å². The molecule has 0 N–H and O–H groups in total. The van der Waals surface area contributed by atoms with Crippen LogP contribution in [0, 0.1) is 29.2 Å². The molecule has 0 bridgehead atoms. The Morgan fingerprint density at radius 1 is 0.778 bits per heavy atom. The molecule has 188 valence electrons. The second kappa shape index (κ2) is 11.7. The summed E-state index contributed by atoms with van der Waals surface area (Å²) in [6.07, 6.45) is 12.2. The van der Waals surface area contributed by atoms with Crippen molar-refractivity contribution in [2.24, 2.45) is 5.92 Å². The van der Waals surface area contributed by atoms with E-state index in [1.807, 2.05) is 13.8 Å². The number of halogens is 4. The minimum Gasteiger partial charge on any atom is -0.203 e. The van der Waals surface area contributed by atoms with Gasteiger partial charge in [0.05, 0.1) is 0 Å². The van der Waals surface area contributed by atoms with Crippen LogP contribution in [0.1, 0.15) is 63.5 Å². The average Bonchev–Trinajstić information content (AvgIpc) is 2.90. The summed E-state index contributed by atoms with van der Waals surface area (Å²) in [7, 11) is 0. The topological polar surface area (TPSA) is 0 Å². The summed E-state index contributed by atoms with van der Waals surface area (Å²) in [5, 5.41) is 0. The summed E-state index contributed by atoms with van der Waals surface area (Å²) in [5.74, 6) is -2.87. The van der Waals surface area contributed by atoms with Gasteiger partial charge in [0, 0.05) is 16.7 Å². The van der Waals surface area contributed by atoms with Crippen molar-refractivity contribution in [2.75, 3.05) is 0 Å². The number of aryl methyl sites for hydroxylation is 1. The lowest BCUT2D eigenvalue weighted by molar-refractivity contribution is 0.452. The Labute approximate surface area is 211 Å². The van der Waals surface area contributed by atoms with E-state index < -0.39 is 23.3 Å². The number of rotatable bonds is 8. The summed E-state index contributed by atoms with van der Waals surface area (Å²) in [6.45, 7) is 3.93. The van der Waals surface area contributed by atoms with Crippen molar-refractivity contribution in [3.05, 3.63) is 101 Å². The molecule has 0 heterocycles. The number of benzene rings is 3. The van der Waals surface area contributed by atoms with Crippen molar-refractivity contribution in [3.8, 4) is 22.3 Å². The SMILES string of the molecule is CC=CCCC1CC=C(c2ccc(-c3ccc(-c4ccc(CCC)c(F)c4F)cc3)c(F)c2F)CC1. The van der Waals surface area contributed by atoms with E-state index in [2.05, 4.69) is 18.2 Å².